The second kappa shape index (κ2) is 4.12. The monoisotopic (exact) mass is 222 g/mol. The van der Waals surface area contributed by atoms with Crippen molar-refractivity contribution in [3.63, 3.8) is 0 Å². The zero-order chi connectivity index (χ0) is 11.7. The van der Waals surface area contributed by atoms with E-state index in [1.807, 2.05) is 6.92 Å². The van der Waals surface area contributed by atoms with E-state index in [9.17, 15) is 9.18 Å². The summed E-state index contributed by atoms with van der Waals surface area (Å²) in [6.07, 6.45) is 2.32. The van der Waals surface area contributed by atoms with Gasteiger partial charge in [-0.3, -0.25) is 4.79 Å². The molecule has 0 saturated heterocycles. The van der Waals surface area contributed by atoms with Crippen LogP contribution in [-0.2, 0) is 0 Å². The minimum Gasteiger partial charge on any atom is -0.399 e. The lowest BCUT2D eigenvalue weighted by molar-refractivity contribution is 0.0935. The number of carbonyl (C=O) groups is 1. The van der Waals surface area contributed by atoms with Crippen LogP contribution in [0.25, 0.3) is 0 Å². The molecule has 86 valence electrons. The summed E-state index contributed by atoms with van der Waals surface area (Å²) in [6.45, 7) is 1.97. The van der Waals surface area contributed by atoms with Crippen molar-refractivity contribution in [1.29, 1.82) is 0 Å². The Bertz CT molecular complexity index is 395. The molecule has 3 N–H and O–H groups in total. The van der Waals surface area contributed by atoms with E-state index in [0.717, 1.165) is 12.8 Å². The van der Waals surface area contributed by atoms with Crippen LogP contribution in [0, 0.1) is 11.7 Å². The molecule has 1 fully saturated rings. The summed E-state index contributed by atoms with van der Waals surface area (Å²) in [5, 5.41) is 2.85. The smallest absolute Gasteiger partial charge is 0.251 e. The van der Waals surface area contributed by atoms with Gasteiger partial charge in [-0.05, 0) is 43.9 Å². The number of nitrogens with two attached hydrogens (primary N) is 1. The second-order valence-electron chi connectivity index (χ2n) is 4.37. The first-order valence-electron chi connectivity index (χ1n) is 5.43. The van der Waals surface area contributed by atoms with Crippen LogP contribution in [0.2, 0.25) is 0 Å². The standard InChI is InChI=1S/C12H15FN2O/c1-7(8-2-3-8)15-12(16)9-4-10(13)6-11(14)5-9/h4-8H,2-3,14H2,1H3,(H,15,16). The highest BCUT2D eigenvalue weighted by Gasteiger charge is 2.29. The molecular weight excluding hydrogens is 207 g/mol. The van der Waals surface area contributed by atoms with Crippen LogP contribution in [0.5, 0.6) is 0 Å². The molecular formula is C12H15FN2O. The van der Waals surface area contributed by atoms with E-state index in [1.165, 1.54) is 18.2 Å². The van der Waals surface area contributed by atoms with Gasteiger partial charge in [0.25, 0.3) is 5.91 Å². The highest BCUT2D eigenvalue weighted by molar-refractivity contribution is 5.95. The van der Waals surface area contributed by atoms with Crippen LogP contribution in [0.1, 0.15) is 30.1 Å². The number of carbonyl (C=O) groups excluding carboxylic acids is 1. The lowest BCUT2D eigenvalue weighted by atomic mass is 10.1. The number of nitrogen functional groups attached to an aromatic ring is 1. The first kappa shape index (κ1) is 10.9. The van der Waals surface area contributed by atoms with Crippen molar-refractivity contribution in [2.75, 3.05) is 5.73 Å². The Morgan fingerprint density at radius 3 is 2.75 bits per heavy atom. The molecule has 0 spiro atoms. The van der Waals surface area contributed by atoms with Gasteiger partial charge in [-0.2, -0.15) is 0 Å². The molecule has 0 aliphatic heterocycles. The number of nitrogens with one attached hydrogen (secondary N) is 1. The van der Waals surface area contributed by atoms with Gasteiger partial charge < -0.3 is 11.1 Å². The first-order chi connectivity index (χ1) is 7.56. The molecule has 1 unspecified atom stereocenters. The summed E-state index contributed by atoms with van der Waals surface area (Å²) >= 11 is 0. The maximum atomic E-state index is 13.0. The van der Waals surface area contributed by atoms with Crippen molar-refractivity contribution in [2.45, 2.75) is 25.8 Å². The molecule has 1 atom stereocenters. The molecule has 1 aliphatic rings. The van der Waals surface area contributed by atoms with Crippen molar-refractivity contribution in [1.82, 2.24) is 5.32 Å². The maximum Gasteiger partial charge on any atom is 0.251 e. The van der Waals surface area contributed by atoms with E-state index in [1.54, 1.807) is 0 Å². The SMILES string of the molecule is CC(NC(=O)c1cc(N)cc(F)c1)C1CC1. The number of benzene rings is 1. The number of amides is 1. The summed E-state index contributed by atoms with van der Waals surface area (Å²) in [7, 11) is 0. The normalized spacial score (nSPS) is 16.9. The number of hydrogen-bond acceptors (Lipinski definition) is 2. The van der Waals surface area contributed by atoms with Crippen LogP contribution < -0.4 is 11.1 Å². The molecule has 0 bridgehead atoms. The van der Waals surface area contributed by atoms with E-state index in [-0.39, 0.29) is 23.2 Å². The van der Waals surface area contributed by atoms with Gasteiger partial charge >= 0.3 is 0 Å². The van der Waals surface area contributed by atoms with Gasteiger partial charge in [-0.1, -0.05) is 0 Å². The number of anilines is 1. The molecule has 4 heteroatoms. The summed E-state index contributed by atoms with van der Waals surface area (Å²) in [4.78, 5) is 11.8. The lowest BCUT2D eigenvalue weighted by Gasteiger charge is -2.12. The molecule has 0 aromatic heterocycles. The van der Waals surface area contributed by atoms with E-state index in [4.69, 9.17) is 5.73 Å². The summed E-state index contributed by atoms with van der Waals surface area (Å²) < 4.78 is 13.0. The third-order valence-corrected chi connectivity index (χ3v) is 2.87. The van der Waals surface area contributed by atoms with Crippen molar-refractivity contribution in [3.05, 3.63) is 29.6 Å². The quantitative estimate of drug-likeness (QED) is 0.768. The molecule has 1 aliphatic carbocycles. The highest BCUT2D eigenvalue weighted by Crippen LogP contribution is 2.32. The molecule has 16 heavy (non-hydrogen) atoms. The van der Waals surface area contributed by atoms with Crippen molar-refractivity contribution in [3.8, 4) is 0 Å². The van der Waals surface area contributed by atoms with Gasteiger partial charge in [0.1, 0.15) is 5.82 Å². The highest BCUT2D eigenvalue weighted by atomic mass is 19.1. The van der Waals surface area contributed by atoms with Crippen LogP contribution in [-0.4, -0.2) is 11.9 Å². The van der Waals surface area contributed by atoms with E-state index in [0.29, 0.717) is 5.92 Å². The van der Waals surface area contributed by atoms with Crippen LogP contribution in [0.4, 0.5) is 10.1 Å². The largest absolute Gasteiger partial charge is 0.399 e. The van der Waals surface area contributed by atoms with Gasteiger partial charge in [-0.25, -0.2) is 4.39 Å². The molecule has 2 rings (SSSR count). The molecule has 1 aromatic carbocycles. The number of rotatable bonds is 3. The molecule has 1 aromatic rings. The second-order valence-corrected chi connectivity index (χ2v) is 4.37. The zero-order valence-corrected chi connectivity index (χ0v) is 9.16. The Kier molecular flexibility index (Phi) is 2.81. The van der Waals surface area contributed by atoms with Crippen LogP contribution >= 0.6 is 0 Å². The zero-order valence-electron chi connectivity index (χ0n) is 9.16. The minimum absolute atomic E-state index is 0.150. The molecule has 1 saturated carbocycles. The maximum absolute atomic E-state index is 13.0. The van der Waals surface area contributed by atoms with Gasteiger partial charge in [0, 0.05) is 17.3 Å². The van der Waals surface area contributed by atoms with Gasteiger partial charge in [0.15, 0.2) is 0 Å². The molecule has 1 amide bonds. The Morgan fingerprint density at radius 1 is 1.50 bits per heavy atom. The fraction of sp³-hybridized carbons (Fsp3) is 0.417. The van der Waals surface area contributed by atoms with Gasteiger partial charge in [0.05, 0.1) is 0 Å². The predicted molar refractivity (Wildman–Crippen MR) is 60.5 cm³/mol. The fourth-order valence-corrected chi connectivity index (χ4v) is 1.75. The van der Waals surface area contributed by atoms with E-state index < -0.39 is 5.82 Å². The average Bonchev–Trinajstić information content (AvgIpc) is 2.98. The molecule has 3 nitrogen and oxygen atoms in total. The lowest BCUT2D eigenvalue weighted by Crippen LogP contribution is -2.34. The van der Waals surface area contributed by atoms with Crippen molar-refractivity contribution in [2.24, 2.45) is 5.92 Å². The molecule has 0 heterocycles. The Hall–Kier alpha value is -1.58. The fourth-order valence-electron chi connectivity index (χ4n) is 1.75. The predicted octanol–water partition coefficient (Wildman–Crippen LogP) is 1.94. The summed E-state index contributed by atoms with van der Waals surface area (Å²) in [6, 6.07) is 4.03. The van der Waals surface area contributed by atoms with Crippen LogP contribution in [0.3, 0.4) is 0 Å². The first-order valence-corrected chi connectivity index (χ1v) is 5.43. The third kappa shape index (κ3) is 2.51. The van der Waals surface area contributed by atoms with Crippen molar-refractivity contribution >= 4 is 11.6 Å². The Balaban J connectivity index is 2.07. The number of halogens is 1. The van der Waals surface area contributed by atoms with Crippen molar-refractivity contribution < 1.29 is 9.18 Å². The topological polar surface area (TPSA) is 55.1 Å². The van der Waals surface area contributed by atoms with Gasteiger partial charge in [-0.15, -0.1) is 0 Å². The van der Waals surface area contributed by atoms with E-state index >= 15 is 0 Å². The van der Waals surface area contributed by atoms with Gasteiger partial charge in [0.2, 0.25) is 0 Å². The molecule has 0 radical (unpaired) electrons. The minimum atomic E-state index is -0.482. The summed E-state index contributed by atoms with van der Waals surface area (Å²) in [5.74, 6) is -0.162. The Morgan fingerprint density at radius 2 is 2.19 bits per heavy atom. The number of hydrogen-bond donors (Lipinski definition) is 2. The van der Waals surface area contributed by atoms with Crippen LogP contribution in [0.15, 0.2) is 18.2 Å². The average molecular weight is 222 g/mol. The summed E-state index contributed by atoms with van der Waals surface area (Å²) in [5.41, 5.74) is 6.03. The van der Waals surface area contributed by atoms with E-state index in [2.05, 4.69) is 5.32 Å². The Labute approximate surface area is 93.8 Å². The third-order valence-electron chi connectivity index (χ3n) is 2.87.